The van der Waals surface area contributed by atoms with Crippen molar-refractivity contribution in [2.24, 2.45) is 5.73 Å². The summed E-state index contributed by atoms with van der Waals surface area (Å²) in [7, 11) is 2.09. The average molecular weight is 188 g/mol. The smallest absolute Gasteiger partial charge is 0.0102 e. The molecule has 0 unspecified atom stereocenters. The minimum absolute atomic E-state index is 0.774. The van der Waals surface area contributed by atoms with Crippen molar-refractivity contribution in [3.8, 4) is 0 Å². The zero-order valence-electron chi connectivity index (χ0n) is 9.97. The summed E-state index contributed by atoms with van der Waals surface area (Å²) in [5, 5.41) is 0. The van der Waals surface area contributed by atoms with Crippen molar-refractivity contribution >= 4 is 0 Å². The number of nitrogens with two attached hydrogens (primary N) is 1. The van der Waals surface area contributed by atoms with Crippen LogP contribution in [0.25, 0.3) is 0 Å². The van der Waals surface area contributed by atoms with Crippen LogP contribution in [0.5, 0.6) is 0 Å². The van der Waals surface area contributed by atoms with Crippen LogP contribution in [0.4, 0.5) is 0 Å². The monoisotopic (exact) mass is 188 g/mol. The van der Waals surface area contributed by atoms with Gasteiger partial charge in [0.15, 0.2) is 0 Å². The molecule has 0 aromatic heterocycles. The Hall–Kier alpha value is -0.0800. The normalized spacial score (nSPS) is 9.69. The van der Waals surface area contributed by atoms with Crippen LogP contribution in [-0.4, -0.2) is 31.6 Å². The van der Waals surface area contributed by atoms with E-state index in [1.165, 1.54) is 25.7 Å². The zero-order valence-corrected chi connectivity index (χ0v) is 9.97. The Morgan fingerprint density at radius 3 is 1.69 bits per heavy atom. The van der Waals surface area contributed by atoms with E-state index in [9.17, 15) is 0 Å². The Bertz CT molecular complexity index is 66.5. The lowest BCUT2D eigenvalue weighted by Crippen LogP contribution is -2.25. The molecule has 0 aromatic carbocycles. The minimum Gasteiger partial charge on any atom is -0.329 e. The molecule has 0 spiro atoms. The molecule has 13 heavy (non-hydrogen) atoms. The van der Waals surface area contributed by atoms with Crippen molar-refractivity contribution in [2.45, 2.75) is 46.5 Å². The Kier molecular flexibility index (Phi) is 17.1. The standard InChI is InChI=1S/C6H16N2.C5H12/c1-3-5-8(2)6-4-7;1-3-5-4-2/h3-7H2,1-2H3;3-5H2,1-2H3. The molecule has 0 bridgehead atoms. The van der Waals surface area contributed by atoms with Gasteiger partial charge in [-0.1, -0.05) is 40.0 Å². The second-order valence-corrected chi connectivity index (χ2v) is 3.45. The number of nitrogens with zero attached hydrogens (tertiary/aromatic N) is 1. The van der Waals surface area contributed by atoms with Crippen molar-refractivity contribution in [1.82, 2.24) is 4.90 Å². The molecule has 2 heteroatoms. The Labute approximate surface area is 84.5 Å². The van der Waals surface area contributed by atoms with Crippen molar-refractivity contribution < 1.29 is 0 Å². The molecule has 0 aliphatic carbocycles. The van der Waals surface area contributed by atoms with Gasteiger partial charge in [0.05, 0.1) is 0 Å². The van der Waals surface area contributed by atoms with Crippen LogP contribution in [0.1, 0.15) is 46.5 Å². The summed E-state index contributed by atoms with van der Waals surface area (Å²) in [4.78, 5) is 2.24. The summed E-state index contributed by atoms with van der Waals surface area (Å²) in [5.74, 6) is 0. The third kappa shape index (κ3) is 18.7. The highest BCUT2D eigenvalue weighted by Crippen LogP contribution is 1.88. The van der Waals surface area contributed by atoms with Crippen molar-refractivity contribution in [3.63, 3.8) is 0 Å². The summed E-state index contributed by atoms with van der Waals surface area (Å²) >= 11 is 0. The number of hydrogen-bond acceptors (Lipinski definition) is 2. The van der Waals surface area contributed by atoms with Gasteiger partial charge in [-0.2, -0.15) is 0 Å². The maximum Gasteiger partial charge on any atom is 0.0102 e. The molecule has 0 heterocycles. The fourth-order valence-electron chi connectivity index (χ4n) is 1.07. The van der Waals surface area contributed by atoms with E-state index in [1.54, 1.807) is 0 Å². The summed E-state index contributed by atoms with van der Waals surface area (Å²) in [6.45, 7) is 9.56. The van der Waals surface area contributed by atoms with Gasteiger partial charge in [-0.05, 0) is 20.0 Å². The largest absolute Gasteiger partial charge is 0.329 e. The Morgan fingerprint density at radius 2 is 1.46 bits per heavy atom. The molecule has 0 saturated carbocycles. The van der Waals surface area contributed by atoms with E-state index >= 15 is 0 Å². The van der Waals surface area contributed by atoms with Gasteiger partial charge in [-0.3, -0.25) is 0 Å². The molecule has 0 atom stereocenters. The van der Waals surface area contributed by atoms with Crippen LogP contribution in [0.15, 0.2) is 0 Å². The SMILES string of the molecule is CCCCC.CCCN(C)CCN. The number of unbranched alkanes of at least 4 members (excludes halogenated alkanes) is 2. The Balaban J connectivity index is 0. The first kappa shape index (κ1) is 15.4. The third-order valence-corrected chi connectivity index (χ3v) is 1.82. The lowest BCUT2D eigenvalue weighted by molar-refractivity contribution is 0.344. The molecule has 0 fully saturated rings. The van der Waals surface area contributed by atoms with Gasteiger partial charge in [0.25, 0.3) is 0 Å². The highest BCUT2D eigenvalue weighted by atomic mass is 15.1. The van der Waals surface area contributed by atoms with E-state index in [0.29, 0.717) is 0 Å². The summed E-state index contributed by atoms with van der Waals surface area (Å²) in [6.07, 6.45) is 5.30. The van der Waals surface area contributed by atoms with Crippen molar-refractivity contribution in [3.05, 3.63) is 0 Å². The van der Waals surface area contributed by atoms with E-state index in [2.05, 4.69) is 32.7 Å². The Morgan fingerprint density at radius 1 is 0.923 bits per heavy atom. The molecule has 0 amide bonds. The van der Waals surface area contributed by atoms with E-state index < -0.39 is 0 Å². The van der Waals surface area contributed by atoms with Crippen LogP contribution in [0.3, 0.4) is 0 Å². The number of hydrogen-bond donors (Lipinski definition) is 1. The van der Waals surface area contributed by atoms with Crippen LogP contribution in [-0.2, 0) is 0 Å². The van der Waals surface area contributed by atoms with Crippen molar-refractivity contribution in [1.29, 1.82) is 0 Å². The second kappa shape index (κ2) is 14.4. The van der Waals surface area contributed by atoms with E-state index in [-0.39, 0.29) is 0 Å². The number of rotatable bonds is 6. The van der Waals surface area contributed by atoms with Gasteiger partial charge in [0, 0.05) is 13.1 Å². The van der Waals surface area contributed by atoms with Gasteiger partial charge in [-0.15, -0.1) is 0 Å². The lowest BCUT2D eigenvalue weighted by Gasteiger charge is -2.12. The average Bonchev–Trinajstić information content (AvgIpc) is 2.08. The molecular formula is C11H28N2. The molecule has 0 aliphatic rings. The van der Waals surface area contributed by atoms with Gasteiger partial charge >= 0.3 is 0 Å². The van der Waals surface area contributed by atoms with E-state index in [1.807, 2.05) is 0 Å². The predicted molar refractivity (Wildman–Crippen MR) is 62.0 cm³/mol. The van der Waals surface area contributed by atoms with Crippen LogP contribution in [0, 0.1) is 0 Å². The summed E-state index contributed by atoms with van der Waals surface area (Å²) < 4.78 is 0. The van der Waals surface area contributed by atoms with Crippen LogP contribution in [0.2, 0.25) is 0 Å². The van der Waals surface area contributed by atoms with E-state index in [4.69, 9.17) is 5.73 Å². The minimum atomic E-state index is 0.774. The zero-order chi connectivity index (χ0) is 10.5. The first-order chi connectivity index (χ1) is 6.22. The highest BCUT2D eigenvalue weighted by Gasteiger charge is 1.90. The van der Waals surface area contributed by atoms with Crippen LogP contribution >= 0.6 is 0 Å². The molecule has 82 valence electrons. The molecule has 0 rings (SSSR count). The van der Waals surface area contributed by atoms with Gasteiger partial charge in [0.2, 0.25) is 0 Å². The summed E-state index contributed by atoms with van der Waals surface area (Å²) in [6, 6.07) is 0. The first-order valence-corrected chi connectivity index (χ1v) is 5.61. The van der Waals surface area contributed by atoms with Gasteiger partial charge in [0.1, 0.15) is 0 Å². The predicted octanol–water partition coefficient (Wildman–Crippen LogP) is 2.48. The maximum absolute atomic E-state index is 5.32. The highest BCUT2D eigenvalue weighted by molar-refractivity contribution is 4.47. The van der Waals surface area contributed by atoms with Crippen LogP contribution < -0.4 is 5.73 Å². The molecule has 0 aromatic rings. The molecule has 2 nitrogen and oxygen atoms in total. The molecule has 2 N–H and O–H groups in total. The number of likely N-dealkylation sites (N-methyl/N-ethyl adjacent to an activating group) is 1. The molecule has 0 aliphatic heterocycles. The quantitative estimate of drug-likeness (QED) is 0.694. The molecular weight excluding hydrogens is 160 g/mol. The topological polar surface area (TPSA) is 29.3 Å². The fraction of sp³-hybridized carbons (Fsp3) is 1.00. The third-order valence-electron chi connectivity index (χ3n) is 1.82. The van der Waals surface area contributed by atoms with Crippen molar-refractivity contribution in [2.75, 3.05) is 26.7 Å². The fourth-order valence-corrected chi connectivity index (χ4v) is 1.07. The molecule has 0 radical (unpaired) electrons. The second-order valence-electron chi connectivity index (χ2n) is 3.45. The molecule has 0 saturated heterocycles. The van der Waals surface area contributed by atoms with E-state index in [0.717, 1.165) is 19.6 Å². The lowest BCUT2D eigenvalue weighted by atomic mass is 10.3. The maximum atomic E-state index is 5.32. The van der Waals surface area contributed by atoms with Gasteiger partial charge in [-0.25, -0.2) is 0 Å². The first-order valence-electron chi connectivity index (χ1n) is 5.61. The summed E-state index contributed by atoms with van der Waals surface area (Å²) in [5.41, 5.74) is 5.32. The van der Waals surface area contributed by atoms with Gasteiger partial charge < -0.3 is 10.6 Å².